The van der Waals surface area contributed by atoms with Crippen LogP contribution in [0.25, 0.3) is 0 Å². The van der Waals surface area contributed by atoms with E-state index in [9.17, 15) is 24.6 Å². The van der Waals surface area contributed by atoms with Crippen molar-refractivity contribution in [2.75, 3.05) is 26.2 Å². The van der Waals surface area contributed by atoms with Crippen molar-refractivity contribution in [2.45, 2.75) is 122 Å². The second-order valence-corrected chi connectivity index (χ2v) is 13.3. The maximum Gasteiger partial charge on any atom is 0.407 e. The largest absolute Gasteiger partial charge is 0.461 e. The number of hydrogen-bond donors (Lipinski definition) is 3. The summed E-state index contributed by atoms with van der Waals surface area (Å²) in [5.41, 5.74) is 1.34. The van der Waals surface area contributed by atoms with Crippen molar-refractivity contribution in [3.63, 3.8) is 0 Å². The molecule has 0 spiro atoms. The molecule has 0 aliphatic carbocycles. The first kappa shape index (κ1) is 40.7. The number of carbonyl (C=O) groups is 3. The smallest absolute Gasteiger partial charge is 0.407 e. The van der Waals surface area contributed by atoms with Gasteiger partial charge >= 0.3 is 18.0 Å². The van der Waals surface area contributed by atoms with Gasteiger partial charge in [-0.3, -0.25) is 14.5 Å². The summed E-state index contributed by atoms with van der Waals surface area (Å²) >= 11 is 0. The number of unbranched alkanes of at least 4 members (excludes halogenated alkanes) is 4. The van der Waals surface area contributed by atoms with E-state index in [4.69, 9.17) is 14.2 Å². The van der Waals surface area contributed by atoms with Gasteiger partial charge in [0.2, 0.25) is 0 Å². The van der Waals surface area contributed by atoms with Crippen LogP contribution < -0.4 is 5.32 Å². The highest BCUT2D eigenvalue weighted by atomic mass is 16.6. The molecule has 0 bridgehead atoms. The topological polar surface area (TPSA) is 135 Å². The van der Waals surface area contributed by atoms with Crippen LogP contribution in [0.5, 0.6) is 0 Å². The van der Waals surface area contributed by atoms with Gasteiger partial charge in [0.25, 0.3) is 0 Å². The van der Waals surface area contributed by atoms with Crippen molar-refractivity contribution in [3.8, 4) is 0 Å². The molecule has 0 fully saturated rings. The third-order valence-corrected chi connectivity index (χ3v) is 7.58. The molecule has 3 N–H and O–H groups in total. The highest BCUT2D eigenvalue weighted by Gasteiger charge is 2.18. The van der Waals surface area contributed by atoms with Gasteiger partial charge in [-0.2, -0.15) is 0 Å². The summed E-state index contributed by atoms with van der Waals surface area (Å²) in [4.78, 5) is 38.2. The molecular weight excluding hydrogens is 612 g/mol. The number of rotatable bonds is 24. The molecule has 2 aromatic carbocycles. The predicted octanol–water partition coefficient (Wildman–Crippen LogP) is 6.31. The second-order valence-electron chi connectivity index (χ2n) is 13.3. The van der Waals surface area contributed by atoms with E-state index in [0.717, 1.165) is 36.8 Å². The SMILES string of the molecule is CC(C)(C)OC(=O)NCCCN(CC(O)CCCCCC(=O)OCc1ccccc1)CC(O)CCCCCC(=O)OCc1ccccc1. The number of amides is 1. The van der Waals surface area contributed by atoms with Gasteiger partial charge in [-0.15, -0.1) is 0 Å². The van der Waals surface area contributed by atoms with Gasteiger partial charge < -0.3 is 29.7 Å². The molecule has 0 aliphatic rings. The Morgan fingerprint density at radius 1 is 0.688 bits per heavy atom. The summed E-state index contributed by atoms with van der Waals surface area (Å²) in [5.74, 6) is -0.440. The van der Waals surface area contributed by atoms with Crippen LogP contribution in [-0.4, -0.2) is 77.1 Å². The zero-order valence-corrected chi connectivity index (χ0v) is 29.2. The normalized spacial score (nSPS) is 12.7. The molecule has 2 rings (SSSR count). The van der Waals surface area contributed by atoms with E-state index in [-0.39, 0.29) is 25.2 Å². The van der Waals surface area contributed by atoms with Gasteiger partial charge in [-0.1, -0.05) is 86.3 Å². The number of esters is 2. The molecule has 1 amide bonds. The molecule has 2 unspecified atom stereocenters. The molecule has 0 saturated carbocycles. The molecule has 0 saturated heterocycles. The summed E-state index contributed by atoms with van der Waals surface area (Å²) < 4.78 is 16.0. The van der Waals surface area contributed by atoms with E-state index < -0.39 is 23.9 Å². The Labute approximate surface area is 287 Å². The Hall–Kier alpha value is -3.47. The number of carbonyl (C=O) groups excluding carboxylic acids is 3. The molecule has 2 atom stereocenters. The summed E-state index contributed by atoms with van der Waals surface area (Å²) in [6.45, 7) is 7.79. The molecule has 0 heterocycles. The lowest BCUT2D eigenvalue weighted by Crippen LogP contribution is -2.40. The fourth-order valence-electron chi connectivity index (χ4n) is 5.12. The molecule has 0 aliphatic heterocycles. The summed E-state index contributed by atoms with van der Waals surface area (Å²) in [5, 5.41) is 24.3. The lowest BCUT2D eigenvalue weighted by atomic mass is 10.1. The van der Waals surface area contributed by atoms with Gasteiger partial charge in [0.05, 0.1) is 12.2 Å². The first-order chi connectivity index (χ1) is 23.0. The Balaban J connectivity index is 1.67. The third kappa shape index (κ3) is 21.4. The highest BCUT2D eigenvalue weighted by molar-refractivity contribution is 5.69. The molecule has 10 heteroatoms. The molecule has 2 aromatic rings. The number of aliphatic hydroxyl groups is 2. The molecule has 0 aromatic heterocycles. The number of ether oxygens (including phenoxy) is 3. The number of nitrogens with zero attached hydrogens (tertiary/aromatic N) is 1. The third-order valence-electron chi connectivity index (χ3n) is 7.58. The van der Waals surface area contributed by atoms with Crippen LogP contribution in [0.15, 0.2) is 60.7 Å². The van der Waals surface area contributed by atoms with Crippen molar-refractivity contribution in [1.29, 1.82) is 0 Å². The van der Waals surface area contributed by atoms with Crippen molar-refractivity contribution in [1.82, 2.24) is 10.2 Å². The number of hydrogen-bond acceptors (Lipinski definition) is 9. The van der Waals surface area contributed by atoms with Crippen LogP contribution in [0.3, 0.4) is 0 Å². The molecule has 10 nitrogen and oxygen atoms in total. The van der Waals surface area contributed by atoms with Crippen molar-refractivity contribution < 1.29 is 38.8 Å². The lowest BCUT2D eigenvalue weighted by molar-refractivity contribution is -0.146. The van der Waals surface area contributed by atoms with Crippen molar-refractivity contribution in [3.05, 3.63) is 71.8 Å². The van der Waals surface area contributed by atoms with E-state index >= 15 is 0 Å². The lowest BCUT2D eigenvalue weighted by Gasteiger charge is -2.27. The molecular formula is C38H58N2O8. The monoisotopic (exact) mass is 670 g/mol. The van der Waals surface area contributed by atoms with E-state index in [1.807, 2.05) is 86.3 Å². The second kappa shape index (κ2) is 23.8. The molecule has 0 radical (unpaired) electrons. The minimum atomic E-state index is -0.581. The number of benzene rings is 2. The van der Waals surface area contributed by atoms with Crippen LogP contribution in [0.2, 0.25) is 0 Å². The van der Waals surface area contributed by atoms with Crippen LogP contribution in [0.4, 0.5) is 4.79 Å². The van der Waals surface area contributed by atoms with Crippen LogP contribution >= 0.6 is 0 Å². The van der Waals surface area contributed by atoms with Crippen LogP contribution in [0.1, 0.15) is 103 Å². The quantitative estimate of drug-likeness (QED) is 0.0667. The minimum Gasteiger partial charge on any atom is -0.461 e. The maximum absolute atomic E-state index is 12.1. The first-order valence-corrected chi connectivity index (χ1v) is 17.4. The van der Waals surface area contributed by atoms with Gasteiger partial charge in [-0.05, 0) is 64.0 Å². The van der Waals surface area contributed by atoms with E-state index in [1.54, 1.807) is 0 Å². The van der Waals surface area contributed by atoms with Crippen LogP contribution in [0, 0.1) is 0 Å². The fourth-order valence-corrected chi connectivity index (χ4v) is 5.12. The number of aliphatic hydroxyl groups excluding tert-OH is 2. The van der Waals surface area contributed by atoms with E-state index in [0.29, 0.717) is 71.1 Å². The Kier molecular flexibility index (Phi) is 20.2. The van der Waals surface area contributed by atoms with Gasteiger partial charge in [-0.25, -0.2) is 4.79 Å². The highest BCUT2D eigenvalue weighted by Crippen LogP contribution is 2.13. The fraction of sp³-hybridized carbons (Fsp3) is 0.605. The standard InChI is InChI=1S/C38H58N2O8/c1-38(2,3)48-37(45)39-25-16-26-40(27-33(41)21-12-6-14-23-35(43)46-29-31-17-8-4-9-18-31)28-34(42)22-13-7-15-24-36(44)47-30-32-19-10-5-11-20-32/h4-5,8-11,17-20,33-34,41-42H,6-7,12-16,21-30H2,1-3H3,(H,39,45). The number of alkyl carbamates (subject to hydrolysis) is 1. The van der Waals surface area contributed by atoms with E-state index in [2.05, 4.69) is 5.32 Å². The number of nitrogens with one attached hydrogen (secondary N) is 1. The average molecular weight is 671 g/mol. The maximum atomic E-state index is 12.1. The predicted molar refractivity (Wildman–Crippen MR) is 186 cm³/mol. The van der Waals surface area contributed by atoms with E-state index in [1.165, 1.54) is 0 Å². The summed E-state index contributed by atoms with van der Waals surface area (Å²) in [6, 6.07) is 19.2. The summed E-state index contributed by atoms with van der Waals surface area (Å²) in [7, 11) is 0. The van der Waals surface area contributed by atoms with Gasteiger partial charge in [0.1, 0.15) is 18.8 Å². The summed E-state index contributed by atoms with van der Waals surface area (Å²) in [6.07, 6.45) is 5.43. The van der Waals surface area contributed by atoms with Crippen LogP contribution in [-0.2, 0) is 37.0 Å². The van der Waals surface area contributed by atoms with Crippen molar-refractivity contribution in [2.24, 2.45) is 0 Å². The zero-order chi connectivity index (χ0) is 35.0. The first-order valence-electron chi connectivity index (χ1n) is 17.4. The Morgan fingerprint density at radius 2 is 1.15 bits per heavy atom. The van der Waals surface area contributed by atoms with Crippen molar-refractivity contribution >= 4 is 18.0 Å². The van der Waals surface area contributed by atoms with Gasteiger partial charge in [0, 0.05) is 39.0 Å². The Bertz CT molecular complexity index is 1080. The zero-order valence-electron chi connectivity index (χ0n) is 29.2. The molecule has 48 heavy (non-hydrogen) atoms. The molecule has 268 valence electrons. The Morgan fingerprint density at radius 3 is 1.58 bits per heavy atom. The minimum absolute atomic E-state index is 0.220. The average Bonchev–Trinajstić information content (AvgIpc) is 3.04. The van der Waals surface area contributed by atoms with Gasteiger partial charge in [0.15, 0.2) is 0 Å².